The first-order valence-electron chi connectivity index (χ1n) is 7.20. The molecule has 0 radical (unpaired) electrons. The van der Waals surface area contributed by atoms with Crippen LogP contribution in [0, 0.1) is 11.8 Å². The fraction of sp³-hybridized carbons (Fsp3) is 1.00. The quantitative estimate of drug-likeness (QED) is 0.746. The van der Waals surface area contributed by atoms with Crippen molar-refractivity contribution in [1.82, 2.24) is 10.2 Å². The van der Waals surface area contributed by atoms with Crippen molar-refractivity contribution >= 4 is 0 Å². The summed E-state index contributed by atoms with van der Waals surface area (Å²) in [5.41, 5.74) is 0. The minimum atomic E-state index is 0.778. The van der Waals surface area contributed by atoms with Gasteiger partial charge in [-0.1, -0.05) is 20.3 Å². The highest BCUT2D eigenvalue weighted by molar-refractivity contribution is 4.84. The number of hydrogen-bond donors (Lipinski definition) is 1. The number of hydrogen-bond acceptors (Lipinski definition) is 2. The van der Waals surface area contributed by atoms with E-state index in [4.69, 9.17) is 0 Å². The molecule has 94 valence electrons. The van der Waals surface area contributed by atoms with Crippen LogP contribution in [0.15, 0.2) is 0 Å². The van der Waals surface area contributed by atoms with Gasteiger partial charge in [0.05, 0.1) is 0 Å². The van der Waals surface area contributed by atoms with E-state index in [0.717, 1.165) is 17.9 Å². The summed E-state index contributed by atoms with van der Waals surface area (Å²) in [6.07, 6.45) is 7.26. The summed E-state index contributed by atoms with van der Waals surface area (Å²) in [5.74, 6) is 1.83. The molecule has 1 saturated heterocycles. The molecule has 1 unspecified atom stereocenters. The topological polar surface area (TPSA) is 15.3 Å². The van der Waals surface area contributed by atoms with Crippen molar-refractivity contribution in [3.63, 3.8) is 0 Å². The predicted molar refractivity (Wildman–Crippen MR) is 69.6 cm³/mol. The minimum absolute atomic E-state index is 0.778. The molecule has 0 amide bonds. The lowest BCUT2D eigenvalue weighted by atomic mass is 10.0. The Kier molecular flexibility index (Phi) is 4.66. The van der Waals surface area contributed by atoms with E-state index in [1.165, 1.54) is 58.3 Å². The molecule has 0 aromatic rings. The maximum absolute atomic E-state index is 3.64. The Balaban J connectivity index is 1.70. The van der Waals surface area contributed by atoms with E-state index in [-0.39, 0.29) is 0 Å². The van der Waals surface area contributed by atoms with Crippen LogP contribution in [0.25, 0.3) is 0 Å². The average Bonchev–Trinajstić information content (AvgIpc) is 3.04. The normalized spacial score (nSPS) is 27.6. The second-order valence-corrected chi connectivity index (χ2v) is 6.14. The summed E-state index contributed by atoms with van der Waals surface area (Å²) in [7, 11) is 0. The van der Waals surface area contributed by atoms with Crippen LogP contribution in [-0.4, -0.2) is 37.1 Å². The molecule has 16 heavy (non-hydrogen) atoms. The summed E-state index contributed by atoms with van der Waals surface area (Å²) >= 11 is 0. The molecule has 0 aromatic carbocycles. The average molecular weight is 224 g/mol. The third-order valence-electron chi connectivity index (χ3n) is 3.87. The van der Waals surface area contributed by atoms with Crippen molar-refractivity contribution in [2.45, 2.75) is 52.0 Å². The number of likely N-dealkylation sites (tertiary alicyclic amines) is 1. The van der Waals surface area contributed by atoms with E-state index in [0.29, 0.717) is 0 Å². The van der Waals surface area contributed by atoms with E-state index in [9.17, 15) is 0 Å². The van der Waals surface area contributed by atoms with Gasteiger partial charge in [-0.25, -0.2) is 0 Å². The van der Waals surface area contributed by atoms with Crippen molar-refractivity contribution in [2.24, 2.45) is 11.8 Å². The smallest absolute Gasteiger partial charge is 0.0220 e. The number of rotatable bonds is 6. The first-order chi connectivity index (χ1) is 7.75. The van der Waals surface area contributed by atoms with Gasteiger partial charge in [0.15, 0.2) is 0 Å². The van der Waals surface area contributed by atoms with E-state index in [1.54, 1.807) is 0 Å². The molecule has 2 aliphatic rings. The Hall–Kier alpha value is -0.0800. The van der Waals surface area contributed by atoms with Gasteiger partial charge in [-0.2, -0.15) is 0 Å². The summed E-state index contributed by atoms with van der Waals surface area (Å²) in [4.78, 5) is 2.76. The van der Waals surface area contributed by atoms with Gasteiger partial charge in [-0.05, 0) is 50.6 Å². The third-order valence-corrected chi connectivity index (χ3v) is 3.87. The van der Waals surface area contributed by atoms with Crippen LogP contribution in [0.1, 0.15) is 46.0 Å². The van der Waals surface area contributed by atoms with Crippen molar-refractivity contribution in [1.29, 1.82) is 0 Å². The molecule has 1 aliphatic heterocycles. The molecular formula is C14H28N2. The molecule has 1 atom stereocenters. The van der Waals surface area contributed by atoms with E-state index in [2.05, 4.69) is 24.1 Å². The highest BCUT2D eigenvalue weighted by Crippen LogP contribution is 2.31. The van der Waals surface area contributed by atoms with Gasteiger partial charge < -0.3 is 5.32 Å². The van der Waals surface area contributed by atoms with Gasteiger partial charge in [0.25, 0.3) is 0 Å². The van der Waals surface area contributed by atoms with Crippen LogP contribution in [0.2, 0.25) is 0 Å². The molecule has 0 aromatic heterocycles. The molecule has 2 fully saturated rings. The SMILES string of the molecule is CC(C)CNCC1CCCCN1CC1CC1. The van der Waals surface area contributed by atoms with Crippen molar-refractivity contribution < 1.29 is 0 Å². The standard InChI is InChI=1S/C14H28N2/c1-12(2)9-15-10-14-5-3-4-8-16(14)11-13-6-7-13/h12-15H,3-11H2,1-2H3. The largest absolute Gasteiger partial charge is 0.315 e. The maximum atomic E-state index is 3.64. The zero-order chi connectivity index (χ0) is 11.4. The number of nitrogens with one attached hydrogen (secondary N) is 1. The Morgan fingerprint density at radius 1 is 1.19 bits per heavy atom. The molecule has 1 aliphatic carbocycles. The molecule has 1 heterocycles. The number of nitrogens with zero attached hydrogens (tertiary/aromatic N) is 1. The molecule has 2 nitrogen and oxygen atoms in total. The zero-order valence-corrected chi connectivity index (χ0v) is 11.0. The Morgan fingerprint density at radius 3 is 2.69 bits per heavy atom. The Bertz CT molecular complexity index is 199. The second-order valence-electron chi connectivity index (χ2n) is 6.14. The highest BCUT2D eigenvalue weighted by Gasteiger charge is 2.29. The van der Waals surface area contributed by atoms with Crippen molar-refractivity contribution in [3.05, 3.63) is 0 Å². The van der Waals surface area contributed by atoms with Crippen LogP contribution in [-0.2, 0) is 0 Å². The fourth-order valence-electron chi connectivity index (χ4n) is 2.70. The molecule has 0 spiro atoms. The lowest BCUT2D eigenvalue weighted by Crippen LogP contribution is -2.46. The van der Waals surface area contributed by atoms with Crippen LogP contribution in [0.3, 0.4) is 0 Å². The first kappa shape index (κ1) is 12.4. The van der Waals surface area contributed by atoms with E-state index >= 15 is 0 Å². The predicted octanol–water partition coefficient (Wildman–Crippen LogP) is 2.50. The minimum Gasteiger partial charge on any atom is -0.315 e. The van der Waals surface area contributed by atoms with Crippen LogP contribution >= 0.6 is 0 Å². The second kappa shape index (κ2) is 6.02. The third kappa shape index (κ3) is 4.06. The van der Waals surface area contributed by atoms with Crippen molar-refractivity contribution in [3.8, 4) is 0 Å². The summed E-state index contributed by atoms with van der Waals surface area (Å²) in [5, 5.41) is 3.64. The van der Waals surface area contributed by atoms with Crippen LogP contribution < -0.4 is 5.32 Å². The van der Waals surface area contributed by atoms with Crippen LogP contribution in [0.5, 0.6) is 0 Å². The van der Waals surface area contributed by atoms with Gasteiger partial charge in [0.2, 0.25) is 0 Å². The lowest BCUT2D eigenvalue weighted by Gasteiger charge is -2.36. The summed E-state index contributed by atoms with van der Waals surface area (Å²) in [6, 6.07) is 0.827. The first-order valence-corrected chi connectivity index (χ1v) is 7.20. The lowest BCUT2D eigenvalue weighted by molar-refractivity contribution is 0.138. The van der Waals surface area contributed by atoms with Gasteiger partial charge in [-0.3, -0.25) is 4.90 Å². The summed E-state index contributed by atoms with van der Waals surface area (Å²) in [6.45, 7) is 9.70. The zero-order valence-electron chi connectivity index (χ0n) is 11.0. The summed E-state index contributed by atoms with van der Waals surface area (Å²) < 4.78 is 0. The molecule has 2 rings (SSSR count). The fourth-order valence-corrected chi connectivity index (χ4v) is 2.70. The van der Waals surface area contributed by atoms with Gasteiger partial charge in [0, 0.05) is 19.1 Å². The monoisotopic (exact) mass is 224 g/mol. The van der Waals surface area contributed by atoms with Crippen LogP contribution in [0.4, 0.5) is 0 Å². The Labute approximate surface area is 101 Å². The van der Waals surface area contributed by atoms with Gasteiger partial charge in [-0.15, -0.1) is 0 Å². The number of piperidine rings is 1. The molecule has 2 heteroatoms. The molecule has 1 N–H and O–H groups in total. The van der Waals surface area contributed by atoms with E-state index < -0.39 is 0 Å². The molecular weight excluding hydrogens is 196 g/mol. The van der Waals surface area contributed by atoms with Crippen molar-refractivity contribution in [2.75, 3.05) is 26.2 Å². The maximum Gasteiger partial charge on any atom is 0.0220 e. The van der Waals surface area contributed by atoms with E-state index in [1.807, 2.05) is 0 Å². The molecule has 0 bridgehead atoms. The Morgan fingerprint density at radius 2 is 2.00 bits per heavy atom. The van der Waals surface area contributed by atoms with Gasteiger partial charge >= 0.3 is 0 Å². The molecule has 1 saturated carbocycles. The highest BCUT2D eigenvalue weighted by atomic mass is 15.2. The van der Waals surface area contributed by atoms with Gasteiger partial charge in [0.1, 0.15) is 0 Å².